The molecule has 1 aromatic heterocycles. The first kappa shape index (κ1) is 13.8. The van der Waals surface area contributed by atoms with Crippen molar-refractivity contribution in [3.8, 4) is 0 Å². The van der Waals surface area contributed by atoms with Crippen molar-refractivity contribution in [3.05, 3.63) is 22.9 Å². The Morgan fingerprint density at radius 3 is 2.79 bits per heavy atom. The number of ether oxygens (including phenoxy) is 1. The summed E-state index contributed by atoms with van der Waals surface area (Å²) < 4.78 is 5.33. The van der Waals surface area contributed by atoms with Crippen molar-refractivity contribution in [3.63, 3.8) is 0 Å². The van der Waals surface area contributed by atoms with Gasteiger partial charge >= 0.3 is 5.97 Å². The molecule has 19 heavy (non-hydrogen) atoms. The summed E-state index contributed by atoms with van der Waals surface area (Å²) in [5.74, 6) is -0.458. The van der Waals surface area contributed by atoms with Gasteiger partial charge in [-0.25, -0.2) is 9.78 Å². The number of carboxylic acid groups (broad SMARTS) is 1. The topological polar surface area (TPSA) is 71.5 Å². The van der Waals surface area contributed by atoms with Gasteiger partial charge in [-0.1, -0.05) is 0 Å². The van der Waals surface area contributed by atoms with Gasteiger partial charge in [0.2, 0.25) is 0 Å². The number of aryl methyl sites for hydroxylation is 2. The summed E-state index contributed by atoms with van der Waals surface area (Å²) in [4.78, 5) is 15.7. The normalized spacial score (nSPS) is 22.5. The summed E-state index contributed by atoms with van der Waals surface area (Å²) in [5, 5.41) is 12.6. The second-order valence-electron chi connectivity index (χ2n) is 5.12. The van der Waals surface area contributed by atoms with Crippen LogP contribution in [0.3, 0.4) is 0 Å². The molecule has 1 fully saturated rings. The molecule has 0 radical (unpaired) electrons. The third-order valence-corrected chi connectivity index (χ3v) is 3.62. The Kier molecular flexibility index (Phi) is 4.04. The minimum absolute atomic E-state index is 0.233. The predicted molar refractivity (Wildman–Crippen MR) is 72.7 cm³/mol. The van der Waals surface area contributed by atoms with E-state index in [2.05, 4.69) is 10.3 Å². The van der Waals surface area contributed by atoms with E-state index in [-0.39, 0.29) is 17.7 Å². The van der Waals surface area contributed by atoms with Gasteiger partial charge in [0.05, 0.1) is 6.10 Å². The minimum Gasteiger partial charge on any atom is -0.478 e. The predicted octanol–water partition coefficient (Wildman–Crippen LogP) is 2.38. The summed E-state index contributed by atoms with van der Waals surface area (Å²) in [7, 11) is 1.71. The van der Waals surface area contributed by atoms with Crippen molar-refractivity contribution in [1.82, 2.24) is 4.98 Å². The molecule has 0 aromatic carbocycles. The molecule has 104 valence electrons. The van der Waals surface area contributed by atoms with Gasteiger partial charge in [0.1, 0.15) is 11.4 Å². The second kappa shape index (κ2) is 5.57. The zero-order valence-corrected chi connectivity index (χ0v) is 11.6. The number of nitrogens with zero attached hydrogens (tertiary/aromatic N) is 1. The summed E-state index contributed by atoms with van der Waals surface area (Å²) in [6, 6.07) is 2.03. The van der Waals surface area contributed by atoms with E-state index in [1.165, 1.54) is 0 Å². The van der Waals surface area contributed by atoms with Crippen LogP contribution in [0, 0.1) is 13.8 Å². The van der Waals surface area contributed by atoms with Crippen molar-refractivity contribution in [2.24, 2.45) is 0 Å². The molecule has 5 heteroatoms. The fraction of sp³-hybridized carbons (Fsp3) is 0.571. The van der Waals surface area contributed by atoms with Crippen molar-refractivity contribution in [2.75, 3.05) is 12.4 Å². The number of pyridine rings is 1. The molecule has 0 amide bonds. The molecule has 1 aliphatic rings. The quantitative estimate of drug-likeness (QED) is 0.873. The first-order chi connectivity index (χ1) is 9.01. The second-order valence-corrected chi connectivity index (χ2v) is 5.12. The van der Waals surface area contributed by atoms with Crippen molar-refractivity contribution in [1.29, 1.82) is 0 Å². The number of methoxy groups -OCH3 is 1. The van der Waals surface area contributed by atoms with E-state index >= 15 is 0 Å². The van der Waals surface area contributed by atoms with Gasteiger partial charge in [0, 0.05) is 18.8 Å². The van der Waals surface area contributed by atoms with Crippen LogP contribution >= 0.6 is 0 Å². The minimum atomic E-state index is -0.936. The highest BCUT2D eigenvalue weighted by molar-refractivity contribution is 5.94. The van der Waals surface area contributed by atoms with E-state index in [9.17, 15) is 9.90 Å². The van der Waals surface area contributed by atoms with Crippen molar-refractivity contribution < 1.29 is 14.6 Å². The Morgan fingerprint density at radius 1 is 1.47 bits per heavy atom. The molecule has 0 saturated heterocycles. The SMILES string of the molecule is COC1CCC(Nc2nc(C)cc(C)c2C(=O)O)C1. The Labute approximate surface area is 113 Å². The number of aromatic carboxylic acids is 1. The van der Waals surface area contributed by atoms with E-state index in [1.807, 2.05) is 6.92 Å². The first-order valence-corrected chi connectivity index (χ1v) is 6.52. The molecule has 1 aromatic rings. The first-order valence-electron chi connectivity index (χ1n) is 6.52. The number of rotatable bonds is 4. The monoisotopic (exact) mass is 264 g/mol. The molecular formula is C14H20N2O3. The molecule has 1 aliphatic carbocycles. The van der Waals surface area contributed by atoms with Crippen LogP contribution in [0.1, 0.15) is 40.9 Å². The van der Waals surface area contributed by atoms with Gasteiger partial charge in [0.25, 0.3) is 0 Å². The summed E-state index contributed by atoms with van der Waals surface area (Å²) in [6.45, 7) is 3.67. The van der Waals surface area contributed by atoms with Crippen LogP contribution < -0.4 is 5.32 Å². The fourth-order valence-electron chi connectivity index (χ4n) is 2.69. The number of carboxylic acids is 1. The van der Waals surface area contributed by atoms with Crippen LogP contribution in [0.5, 0.6) is 0 Å². The molecular weight excluding hydrogens is 244 g/mol. The van der Waals surface area contributed by atoms with Crippen molar-refractivity contribution in [2.45, 2.75) is 45.3 Å². The standard InChI is InChI=1S/C14H20N2O3/c1-8-6-9(2)15-13(12(8)14(17)18)16-10-4-5-11(7-10)19-3/h6,10-11H,4-5,7H2,1-3H3,(H,15,16)(H,17,18). The van der Waals surface area contributed by atoms with Gasteiger partial charge in [-0.05, 0) is 44.7 Å². The number of hydrogen-bond acceptors (Lipinski definition) is 4. The zero-order valence-electron chi connectivity index (χ0n) is 11.6. The van der Waals surface area contributed by atoms with Crippen molar-refractivity contribution >= 4 is 11.8 Å². The number of aromatic nitrogens is 1. The van der Waals surface area contributed by atoms with Crippen LogP contribution in [-0.2, 0) is 4.74 Å². The highest BCUT2D eigenvalue weighted by atomic mass is 16.5. The van der Waals surface area contributed by atoms with Gasteiger partial charge < -0.3 is 15.2 Å². The third-order valence-electron chi connectivity index (χ3n) is 3.62. The third kappa shape index (κ3) is 3.04. The number of hydrogen-bond donors (Lipinski definition) is 2. The Morgan fingerprint density at radius 2 is 2.21 bits per heavy atom. The van der Waals surface area contributed by atoms with E-state index in [4.69, 9.17) is 4.74 Å². The molecule has 2 atom stereocenters. The number of carbonyl (C=O) groups is 1. The molecule has 0 bridgehead atoms. The van der Waals surface area contributed by atoms with Gasteiger partial charge in [0.15, 0.2) is 0 Å². The molecule has 2 rings (SSSR count). The summed E-state index contributed by atoms with van der Waals surface area (Å²) in [5.41, 5.74) is 1.83. The summed E-state index contributed by atoms with van der Waals surface area (Å²) >= 11 is 0. The van der Waals surface area contributed by atoms with Gasteiger partial charge in [-0.2, -0.15) is 0 Å². The smallest absolute Gasteiger partial charge is 0.339 e. The van der Waals surface area contributed by atoms with E-state index in [1.54, 1.807) is 20.1 Å². The lowest BCUT2D eigenvalue weighted by Crippen LogP contribution is -2.21. The van der Waals surface area contributed by atoms with E-state index in [0.717, 1.165) is 30.5 Å². The van der Waals surface area contributed by atoms with Crippen LogP contribution in [0.4, 0.5) is 5.82 Å². The number of anilines is 1. The lowest BCUT2D eigenvalue weighted by molar-refractivity contribution is 0.0696. The zero-order chi connectivity index (χ0) is 14.0. The maximum Gasteiger partial charge on any atom is 0.339 e. The highest BCUT2D eigenvalue weighted by Crippen LogP contribution is 2.27. The summed E-state index contributed by atoms with van der Waals surface area (Å²) in [6.07, 6.45) is 3.13. The maximum atomic E-state index is 11.3. The maximum absolute atomic E-state index is 11.3. The number of nitrogens with one attached hydrogen (secondary N) is 1. The Hall–Kier alpha value is -1.62. The van der Waals surface area contributed by atoms with Crippen LogP contribution in [0.2, 0.25) is 0 Å². The lowest BCUT2D eigenvalue weighted by atomic mass is 10.1. The molecule has 1 heterocycles. The largest absolute Gasteiger partial charge is 0.478 e. The highest BCUT2D eigenvalue weighted by Gasteiger charge is 2.26. The van der Waals surface area contributed by atoms with Gasteiger partial charge in [-0.15, -0.1) is 0 Å². The van der Waals surface area contributed by atoms with E-state index < -0.39 is 5.97 Å². The van der Waals surface area contributed by atoms with Crippen LogP contribution in [0.25, 0.3) is 0 Å². The molecule has 2 N–H and O–H groups in total. The fourth-order valence-corrected chi connectivity index (χ4v) is 2.69. The molecule has 1 saturated carbocycles. The molecule has 2 unspecified atom stereocenters. The van der Waals surface area contributed by atoms with Crippen LogP contribution in [-0.4, -0.2) is 35.3 Å². The molecule has 0 aliphatic heterocycles. The van der Waals surface area contributed by atoms with E-state index in [0.29, 0.717) is 5.82 Å². The Bertz CT molecular complexity index is 488. The van der Waals surface area contributed by atoms with Crippen LogP contribution in [0.15, 0.2) is 6.07 Å². The molecule has 5 nitrogen and oxygen atoms in total. The average Bonchev–Trinajstić information content (AvgIpc) is 2.75. The lowest BCUT2D eigenvalue weighted by Gasteiger charge is -2.17. The average molecular weight is 264 g/mol. The Balaban J connectivity index is 2.22. The molecule has 0 spiro atoms. The van der Waals surface area contributed by atoms with Gasteiger partial charge in [-0.3, -0.25) is 0 Å².